The van der Waals surface area contributed by atoms with Crippen LogP contribution in [0.2, 0.25) is 5.15 Å². The van der Waals surface area contributed by atoms with Crippen LogP contribution < -0.4 is 0 Å². The van der Waals surface area contributed by atoms with E-state index in [2.05, 4.69) is 30.9 Å². The quantitative estimate of drug-likeness (QED) is 0.342. The topological polar surface area (TPSA) is 123 Å². The van der Waals surface area contributed by atoms with Crippen LogP contribution in [0.25, 0.3) is 11.2 Å². The van der Waals surface area contributed by atoms with Gasteiger partial charge in [0.2, 0.25) is 0 Å². The Bertz CT molecular complexity index is 723. The summed E-state index contributed by atoms with van der Waals surface area (Å²) >= 11 is 9.26. The second-order valence-electron chi connectivity index (χ2n) is 5.06. The van der Waals surface area contributed by atoms with E-state index in [1.165, 1.54) is 0 Å². The molecule has 0 bridgehead atoms. The Kier molecular flexibility index (Phi) is 6.35. The first kappa shape index (κ1) is 18.8. The van der Waals surface area contributed by atoms with Gasteiger partial charge >= 0.3 is 0 Å². The molecule has 0 spiro atoms. The molecule has 0 radical (unpaired) electrons. The highest BCUT2D eigenvalue weighted by atomic mass is 79.9. The van der Waals surface area contributed by atoms with Gasteiger partial charge in [-0.05, 0) is 28.8 Å². The van der Waals surface area contributed by atoms with Crippen molar-refractivity contribution in [2.75, 3.05) is 12.5 Å². The lowest BCUT2D eigenvalue weighted by Gasteiger charge is -2.17. The van der Waals surface area contributed by atoms with E-state index in [4.69, 9.17) is 30.6 Å². The third kappa shape index (κ3) is 4.38. The zero-order valence-corrected chi connectivity index (χ0v) is 16.3. The van der Waals surface area contributed by atoms with Crippen molar-refractivity contribution < 1.29 is 23.9 Å². The van der Waals surface area contributed by atoms with E-state index in [9.17, 15) is 4.89 Å². The molecule has 2 unspecified atom stereocenters. The summed E-state index contributed by atoms with van der Waals surface area (Å²) in [5.41, 5.74) is 1.07. The highest BCUT2D eigenvalue weighted by molar-refractivity contribution is 9.10. The Balaban J connectivity index is 1.64. The van der Waals surface area contributed by atoms with E-state index < -0.39 is 16.8 Å². The minimum atomic E-state index is -2.16. The Labute approximate surface area is 153 Å². The highest BCUT2D eigenvalue weighted by Gasteiger charge is 2.29. The number of hydrogen-bond donors (Lipinski definition) is 3. The number of halogens is 2. The molecule has 13 heteroatoms. The summed E-state index contributed by atoms with van der Waals surface area (Å²) < 4.78 is 13.3. The van der Waals surface area contributed by atoms with Gasteiger partial charge in [0, 0.05) is 0 Å². The molecule has 3 heterocycles. The van der Waals surface area contributed by atoms with Gasteiger partial charge in [0.15, 0.2) is 32.3 Å². The minimum absolute atomic E-state index is 0.142. The summed E-state index contributed by atoms with van der Waals surface area (Å²) in [6.45, 7) is 0.188. The fourth-order valence-corrected chi connectivity index (χ4v) is 4.59. The van der Waals surface area contributed by atoms with Crippen LogP contribution in [0.1, 0.15) is 19.1 Å². The fourth-order valence-electron chi connectivity index (χ4n) is 2.40. The Hall–Kier alpha value is -0.0200. The Morgan fingerprint density at radius 1 is 1.38 bits per heavy atom. The summed E-state index contributed by atoms with van der Waals surface area (Å²) in [6.07, 6.45) is 2.61. The second kappa shape index (κ2) is 8.12. The van der Waals surface area contributed by atoms with E-state index in [-0.39, 0.29) is 30.0 Å². The average molecular weight is 460 g/mol. The zero-order chi connectivity index (χ0) is 17.3. The molecule has 3 N–H and O–H groups in total. The molecule has 0 saturated carbocycles. The van der Waals surface area contributed by atoms with Crippen molar-refractivity contribution >= 4 is 55.4 Å². The van der Waals surface area contributed by atoms with Gasteiger partial charge in [-0.25, -0.2) is 15.0 Å². The van der Waals surface area contributed by atoms with Crippen LogP contribution in [0.15, 0.2) is 11.1 Å². The summed E-state index contributed by atoms with van der Waals surface area (Å²) in [5.74, 6) is -0.142. The molecule has 1 aliphatic heterocycles. The largest absolute Gasteiger partial charge is 0.352 e. The molecular formula is C11H14BrClN4O5P2. The normalized spacial score (nSPS) is 22.6. The van der Waals surface area contributed by atoms with Gasteiger partial charge in [-0.3, -0.25) is 4.57 Å². The smallest absolute Gasteiger partial charge is 0.200 e. The third-order valence-electron chi connectivity index (χ3n) is 3.40. The van der Waals surface area contributed by atoms with Crippen LogP contribution in [-0.2, 0) is 9.26 Å². The number of nitrogens with zero attached hydrogens (tertiary/aromatic N) is 4. The lowest BCUT2D eigenvalue weighted by molar-refractivity contribution is -0.0155. The van der Waals surface area contributed by atoms with Crippen LogP contribution in [-0.4, -0.2) is 52.8 Å². The maximum Gasteiger partial charge on any atom is 0.200 e. The summed E-state index contributed by atoms with van der Waals surface area (Å²) in [5, 5.41) is 0.263. The van der Waals surface area contributed by atoms with E-state index in [1.807, 2.05) is 0 Å². The molecule has 9 nitrogen and oxygen atoms in total. The van der Waals surface area contributed by atoms with Crippen molar-refractivity contribution in [2.45, 2.75) is 25.2 Å². The monoisotopic (exact) mass is 458 g/mol. The van der Waals surface area contributed by atoms with Gasteiger partial charge in [0.1, 0.15) is 11.7 Å². The first-order chi connectivity index (χ1) is 11.4. The van der Waals surface area contributed by atoms with Crippen LogP contribution in [0.3, 0.4) is 0 Å². The van der Waals surface area contributed by atoms with Crippen molar-refractivity contribution in [3.05, 3.63) is 16.2 Å². The number of ether oxygens (including phenoxy) is 1. The molecule has 1 saturated heterocycles. The number of aromatic nitrogens is 4. The Morgan fingerprint density at radius 3 is 2.92 bits per heavy atom. The molecule has 1 aliphatic rings. The molecule has 2 aromatic rings. The summed E-state index contributed by atoms with van der Waals surface area (Å²) in [7, 11) is -4.01. The predicted octanol–water partition coefficient (Wildman–Crippen LogP) is 2.49. The molecule has 1 fully saturated rings. The minimum Gasteiger partial charge on any atom is -0.352 e. The molecular weight excluding hydrogens is 445 g/mol. The van der Waals surface area contributed by atoms with Gasteiger partial charge in [0.05, 0.1) is 24.9 Å². The number of hydrogen-bond acceptors (Lipinski definition) is 8. The number of rotatable bonds is 6. The standard InChI is InChI=1S/C11H14BrClN4O5P2/c12-11-15-9(13)8-10(16-11)17(4-14-8)7-2-1-6(22-7)3-21-24(20)5-23(18)19/h4,6-7,18-20H,1-3,5H2/t6?,7-,24?/m1/s1. The zero-order valence-electron chi connectivity index (χ0n) is 12.2. The average Bonchev–Trinajstić information content (AvgIpc) is 3.10. The second-order valence-corrected chi connectivity index (χ2v) is 8.97. The van der Waals surface area contributed by atoms with Gasteiger partial charge in [-0.2, -0.15) is 0 Å². The lowest BCUT2D eigenvalue weighted by atomic mass is 10.2. The highest BCUT2D eigenvalue weighted by Crippen LogP contribution is 2.44. The van der Waals surface area contributed by atoms with E-state index in [1.54, 1.807) is 10.9 Å². The number of fused-ring (bicyclic) bond motifs is 1. The van der Waals surface area contributed by atoms with Gasteiger partial charge in [-0.1, -0.05) is 11.6 Å². The predicted molar refractivity (Wildman–Crippen MR) is 92.5 cm³/mol. The van der Waals surface area contributed by atoms with Crippen molar-refractivity contribution in [3.63, 3.8) is 0 Å². The first-order valence-corrected chi connectivity index (χ1v) is 10.9. The van der Waals surface area contributed by atoms with Gasteiger partial charge < -0.3 is 23.9 Å². The molecule has 0 aliphatic carbocycles. The molecule has 24 heavy (non-hydrogen) atoms. The van der Waals surface area contributed by atoms with E-state index >= 15 is 0 Å². The molecule has 2 aromatic heterocycles. The van der Waals surface area contributed by atoms with Crippen LogP contribution >= 0.6 is 44.3 Å². The number of imidazole rings is 1. The summed E-state index contributed by atoms with van der Waals surface area (Å²) in [4.78, 5) is 39.8. The molecule has 0 aromatic carbocycles. The Morgan fingerprint density at radius 2 is 2.17 bits per heavy atom. The summed E-state index contributed by atoms with van der Waals surface area (Å²) in [6, 6.07) is 0. The van der Waals surface area contributed by atoms with Crippen LogP contribution in [0.4, 0.5) is 0 Å². The van der Waals surface area contributed by atoms with Crippen molar-refractivity contribution in [2.24, 2.45) is 0 Å². The van der Waals surface area contributed by atoms with Gasteiger partial charge in [-0.15, -0.1) is 0 Å². The van der Waals surface area contributed by atoms with E-state index in [0.717, 1.165) is 12.8 Å². The van der Waals surface area contributed by atoms with Gasteiger partial charge in [0.25, 0.3) is 0 Å². The third-order valence-corrected chi connectivity index (χ3v) is 6.45. The molecule has 3 atom stereocenters. The maximum absolute atomic E-state index is 9.56. The molecule has 3 rings (SSSR count). The van der Waals surface area contributed by atoms with E-state index in [0.29, 0.717) is 15.9 Å². The van der Waals surface area contributed by atoms with Crippen LogP contribution in [0, 0.1) is 0 Å². The maximum atomic E-state index is 9.56. The lowest BCUT2D eigenvalue weighted by Crippen LogP contribution is -2.15. The van der Waals surface area contributed by atoms with Crippen LogP contribution in [0.5, 0.6) is 0 Å². The molecule has 132 valence electrons. The fraction of sp³-hybridized carbons (Fsp3) is 0.545. The van der Waals surface area contributed by atoms with Crippen molar-refractivity contribution in [3.8, 4) is 0 Å². The SMILES string of the molecule is OP(O)CP(O)OCC1CC[C@H](n2cnc3c(Cl)nc(Br)nc32)O1. The van der Waals surface area contributed by atoms with Crippen molar-refractivity contribution in [1.82, 2.24) is 19.5 Å². The molecule has 0 amide bonds. The van der Waals surface area contributed by atoms with Crippen molar-refractivity contribution in [1.29, 1.82) is 0 Å². The first-order valence-electron chi connectivity index (χ1n) is 6.89.